The molecule has 0 atom stereocenters. The highest BCUT2D eigenvalue weighted by molar-refractivity contribution is 7.98. The van der Waals surface area contributed by atoms with E-state index in [0.29, 0.717) is 12.3 Å². The third-order valence-electron chi connectivity index (χ3n) is 1.69. The van der Waals surface area contributed by atoms with Crippen LogP contribution in [0.3, 0.4) is 0 Å². The van der Waals surface area contributed by atoms with Crippen LogP contribution in [0.25, 0.3) is 0 Å². The van der Waals surface area contributed by atoms with Crippen LogP contribution in [0.4, 0.5) is 0 Å². The molecule has 0 amide bonds. The number of aromatic carboxylic acids is 1. The second kappa shape index (κ2) is 5.72. The molecule has 0 radical (unpaired) electrons. The number of rotatable bonds is 6. The quantitative estimate of drug-likeness (QED) is 0.704. The molecule has 5 heteroatoms. The van der Waals surface area contributed by atoms with E-state index in [1.54, 1.807) is 17.8 Å². The maximum atomic E-state index is 10.6. The van der Waals surface area contributed by atoms with E-state index >= 15 is 0 Å². The van der Waals surface area contributed by atoms with E-state index in [4.69, 9.17) is 15.3 Å². The van der Waals surface area contributed by atoms with E-state index in [-0.39, 0.29) is 5.76 Å². The van der Waals surface area contributed by atoms with Gasteiger partial charge in [-0.25, -0.2) is 4.79 Å². The number of carboxylic acid groups (broad SMARTS) is 1. The molecule has 0 spiro atoms. The van der Waals surface area contributed by atoms with Gasteiger partial charge in [0.05, 0.1) is 6.26 Å². The fourth-order valence-corrected chi connectivity index (χ4v) is 1.97. The smallest absolute Gasteiger partial charge is 0.372 e. The van der Waals surface area contributed by atoms with Gasteiger partial charge in [0.25, 0.3) is 0 Å². The van der Waals surface area contributed by atoms with E-state index in [2.05, 4.69) is 0 Å². The zero-order valence-corrected chi connectivity index (χ0v) is 8.55. The van der Waals surface area contributed by atoms with Crippen LogP contribution in [0.15, 0.2) is 16.7 Å². The average Bonchev–Trinajstić information content (AvgIpc) is 2.60. The summed E-state index contributed by atoms with van der Waals surface area (Å²) in [7, 11) is 0. The van der Waals surface area contributed by atoms with E-state index in [9.17, 15) is 4.79 Å². The van der Waals surface area contributed by atoms with Gasteiger partial charge in [0, 0.05) is 11.3 Å². The number of carbonyl (C=O) groups is 1. The van der Waals surface area contributed by atoms with Crippen molar-refractivity contribution in [2.75, 3.05) is 12.3 Å². The summed E-state index contributed by atoms with van der Waals surface area (Å²) in [4.78, 5) is 10.6. The maximum Gasteiger partial charge on any atom is 0.372 e. The second-order valence-corrected chi connectivity index (χ2v) is 3.88. The normalized spacial score (nSPS) is 10.4. The first-order valence-electron chi connectivity index (χ1n) is 4.33. The molecule has 0 fully saturated rings. The van der Waals surface area contributed by atoms with Crippen molar-refractivity contribution in [2.45, 2.75) is 12.2 Å². The van der Waals surface area contributed by atoms with Crippen molar-refractivity contribution in [3.05, 3.63) is 23.7 Å². The fourth-order valence-electron chi connectivity index (χ4n) is 1.00. The molecule has 0 aliphatic rings. The Balaban J connectivity index is 2.42. The molecule has 1 aromatic heterocycles. The van der Waals surface area contributed by atoms with Gasteiger partial charge in [-0.2, -0.15) is 11.8 Å². The average molecular weight is 215 g/mol. The van der Waals surface area contributed by atoms with Crippen LogP contribution in [-0.2, 0) is 5.75 Å². The lowest BCUT2D eigenvalue weighted by molar-refractivity contribution is 0.0661. The Morgan fingerprint density at radius 1 is 1.64 bits per heavy atom. The van der Waals surface area contributed by atoms with E-state index < -0.39 is 5.97 Å². The third-order valence-corrected chi connectivity index (χ3v) is 2.78. The summed E-state index contributed by atoms with van der Waals surface area (Å²) in [5, 5.41) is 8.73. The van der Waals surface area contributed by atoms with Crippen molar-refractivity contribution in [2.24, 2.45) is 5.73 Å². The molecule has 0 saturated heterocycles. The minimum atomic E-state index is -1.01. The first kappa shape index (κ1) is 11.1. The standard InChI is InChI=1S/C9H13NO3S/c10-3-1-5-14-6-7-2-4-13-8(7)9(11)12/h2,4H,1,3,5-6,10H2,(H,11,12). The molecule has 0 unspecified atom stereocenters. The lowest BCUT2D eigenvalue weighted by Crippen LogP contribution is -2.00. The molecular formula is C9H13NO3S. The number of thioether (sulfide) groups is 1. The monoisotopic (exact) mass is 215 g/mol. The predicted octanol–water partition coefficient (Wildman–Crippen LogP) is 1.56. The first-order chi connectivity index (χ1) is 6.75. The largest absolute Gasteiger partial charge is 0.475 e. The Hall–Kier alpha value is -0.940. The van der Waals surface area contributed by atoms with Gasteiger partial charge in [0.2, 0.25) is 5.76 Å². The minimum absolute atomic E-state index is 0.0465. The van der Waals surface area contributed by atoms with Crippen molar-refractivity contribution in [1.82, 2.24) is 0 Å². The highest BCUT2D eigenvalue weighted by Gasteiger charge is 2.12. The van der Waals surface area contributed by atoms with Crippen molar-refractivity contribution >= 4 is 17.7 Å². The Morgan fingerprint density at radius 2 is 2.43 bits per heavy atom. The number of furan rings is 1. The minimum Gasteiger partial charge on any atom is -0.475 e. The summed E-state index contributed by atoms with van der Waals surface area (Å²) in [6.45, 7) is 0.671. The Bertz CT molecular complexity index is 298. The number of carboxylic acids is 1. The summed E-state index contributed by atoms with van der Waals surface area (Å²) in [6, 6.07) is 1.69. The van der Waals surface area contributed by atoms with Crippen LogP contribution in [0.1, 0.15) is 22.5 Å². The molecule has 1 rings (SSSR count). The fraction of sp³-hybridized carbons (Fsp3) is 0.444. The summed E-state index contributed by atoms with van der Waals surface area (Å²) in [5.41, 5.74) is 6.08. The van der Waals surface area contributed by atoms with Crippen molar-refractivity contribution in [1.29, 1.82) is 0 Å². The van der Waals surface area contributed by atoms with Crippen LogP contribution in [-0.4, -0.2) is 23.4 Å². The van der Waals surface area contributed by atoms with Gasteiger partial charge < -0.3 is 15.3 Å². The number of hydrogen-bond acceptors (Lipinski definition) is 4. The molecular weight excluding hydrogens is 202 g/mol. The summed E-state index contributed by atoms with van der Waals surface area (Å²) >= 11 is 1.66. The molecule has 4 nitrogen and oxygen atoms in total. The zero-order chi connectivity index (χ0) is 10.4. The Morgan fingerprint density at radius 3 is 3.07 bits per heavy atom. The summed E-state index contributed by atoms with van der Waals surface area (Å²) in [6.07, 6.45) is 2.35. The molecule has 0 saturated carbocycles. The van der Waals surface area contributed by atoms with Gasteiger partial charge in [-0.1, -0.05) is 0 Å². The SMILES string of the molecule is NCCCSCc1ccoc1C(=O)O. The number of nitrogens with two attached hydrogens (primary N) is 1. The first-order valence-corrected chi connectivity index (χ1v) is 5.48. The van der Waals surface area contributed by atoms with Crippen LogP contribution in [0.2, 0.25) is 0 Å². The van der Waals surface area contributed by atoms with Gasteiger partial charge in [-0.05, 0) is 24.8 Å². The van der Waals surface area contributed by atoms with E-state index in [0.717, 1.165) is 17.7 Å². The van der Waals surface area contributed by atoms with Gasteiger partial charge >= 0.3 is 5.97 Å². The highest BCUT2D eigenvalue weighted by Crippen LogP contribution is 2.18. The molecule has 1 aromatic rings. The van der Waals surface area contributed by atoms with Crippen LogP contribution in [0, 0.1) is 0 Å². The second-order valence-electron chi connectivity index (χ2n) is 2.77. The van der Waals surface area contributed by atoms with E-state index in [1.165, 1.54) is 6.26 Å². The topological polar surface area (TPSA) is 76.5 Å². The lowest BCUT2D eigenvalue weighted by Gasteiger charge is -1.98. The summed E-state index contributed by atoms with van der Waals surface area (Å²) in [5.74, 6) is 0.647. The molecule has 3 N–H and O–H groups in total. The molecule has 0 aliphatic heterocycles. The van der Waals surface area contributed by atoms with Crippen molar-refractivity contribution in [3.8, 4) is 0 Å². The number of hydrogen-bond donors (Lipinski definition) is 2. The van der Waals surface area contributed by atoms with Crippen molar-refractivity contribution in [3.63, 3.8) is 0 Å². The predicted molar refractivity (Wildman–Crippen MR) is 55.5 cm³/mol. The third kappa shape index (κ3) is 3.08. The van der Waals surface area contributed by atoms with Crippen LogP contribution in [0.5, 0.6) is 0 Å². The highest BCUT2D eigenvalue weighted by atomic mass is 32.2. The van der Waals surface area contributed by atoms with Crippen LogP contribution < -0.4 is 5.73 Å². The van der Waals surface area contributed by atoms with Gasteiger partial charge in [0.1, 0.15) is 0 Å². The molecule has 0 bridgehead atoms. The molecule has 1 heterocycles. The maximum absolute atomic E-state index is 10.6. The van der Waals surface area contributed by atoms with Gasteiger partial charge in [-0.3, -0.25) is 0 Å². The summed E-state index contributed by atoms with van der Waals surface area (Å²) < 4.78 is 4.85. The van der Waals surface area contributed by atoms with Gasteiger partial charge in [-0.15, -0.1) is 0 Å². The molecule has 0 aliphatic carbocycles. The Labute approximate surface area is 86.5 Å². The van der Waals surface area contributed by atoms with E-state index in [1.807, 2.05) is 0 Å². The molecule has 14 heavy (non-hydrogen) atoms. The lowest BCUT2D eigenvalue weighted by atomic mass is 10.3. The van der Waals surface area contributed by atoms with Gasteiger partial charge in [0.15, 0.2) is 0 Å². The van der Waals surface area contributed by atoms with Crippen molar-refractivity contribution < 1.29 is 14.3 Å². The zero-order valence-electron chi connectivity index (χ0n) is 7.73. The Kier molecular flexibility index (Phi) is 4.55. The molecule has 78 valence electrons. The van der Waals surface area contributed by atoms with Crippen LogP contribution >= 0.6 is 11.8 Å². The molecule has 0 aromatic carbocycles.